The van der Waals surface area contributed by atoms with Crippen molar-refractivity contribution < 1.29 is 13.6 Å². The molecule has 0 N–H and O–H groups in total. The number of pyridine rings is 1. The Hall–Kier alpha value is -3.63. The average Bonchev–Trinajstić information content (AvgIpc) is 3.44. The summed E-state index contributed by atoms with van der Waals surface area (Å²) in [6.07, 6.45) is 0.561. The first kappa shape index (κ1) is 23.5. The van der Waals surface area contributed by atoms with Crippen molar-refractivity contribution in [2.75, 3.05) is 7.05 Å². The Labute approximate surface area is 196 Å². The molecule has 0 bridgehead atoms. The molecule has 9 nitrogen and oxygen atoms in total. The Morgan fingerprint density at radius 2 is 1.85 bits per heavy atom. The molecule has 0 aliphatic rings. The van der Waals surface area contributed by atoms with Crippen molar-refractivity contribution >= 4 is 16.9 Å². The average molecular weight is 471 g/mol. The molecule has 0 aromatic carbocycles. The predicted molar refractivity (Wildman–Crippen MR) is 123 cm³/mol. The first-order chi connectivity index (χ1) is 16.1. The predicted octanol–water partition coefficient (Wildman–Crippen LogP) is 3.57. The maximum Gasteiger partial charge on any atom is 0.264 e. The van der Waals surface area contributed by atoms with E-state index < -0.39 is 6.43 Å². The Morgan fingerprint density at radius 3 is 2.44 bits per heavy atom. The number of halogens is 2. The third-order valence-electron chi connectivity index (χ3n) is 6.08. The lowest BCUT2D eigenvalue weighted by atomic mass is 10.1. The quantitative estimate of drug-likeness (QED) is 0.412. The smallest absolute Gasteiger partial charge is 0.264 e. The maximum absolute atomic E-state index is 14.0. The molecule has 0 saturated heterocycles. The molecule has 0 aliphatic heterocycles. The third kappa shape index (κ3) is 4.17. The minimum Gasteiger partial charge on any atom is -0.340 e. The number of fused-ring (bicyclic) bond motifs is 1. The van der Waals surface area contributed by atoms with Crippen LogP contribution in [0.5, 0.6) is 0 Å². The van der Waals surface area contributed by atoms with Crippen molar-refractivity contribution in [3.63, 3.8) is 0 Å². The van der Waals surface area contributed by atoms with Crippen LogP contribution in [-0.4, -0.2) is 52.2 Å². The second kappa shape index (κ2) is 8.96. The van der Waals surface area contributed by atoms with Gasteiger partial charge in [-0.2, -0.15) is 15.3 Å². The SMILES string of the molecule is CCn1nc(C)c(CN(C)C(=O)Cn2nc(C)c3c(C(F)F)cc(-c4cnn(C)c4)nc32)c1C. The number of likely N-dealkylation sites (N-methyl/N-ethyl adjacent to an activating group) is 1. The summed E-state index contributed by atoms with van der Waals surface area (Å²) in [5.41, 5.74) is 4.36. The molecular weight excluding hydrogens is 442 g/mol. The first-order valence-corrected chi connectivity index (χ1v) is 11.0. The molecule has 0 fully saturated rings. The van der Waals surface area contributed by atoms with Gasteiger partial charge >= 0.3 is 0 Å². The van der Waals surface area contributed by atoms with Crippen LogP contribution in [0.25, 0.3) is 22.3 Å². The number of hydrogen-bond donors (Lipinski definition) is 0. The van der Waals surface area contributed by atoms with Gasteiger partial charge in [-0.25, -0.2) is 18.4 Å². The van der Waals surface area contributed by atoms with Crippen molar-refractivity contribution in [1.29, 1.82) is 0 Å². The molecule has 0 radical (unpaired) electrons. The summed E-state index contributed by atoms with van der Waals surface area (Å²) in [5.74, 6) is -0.209. The zero-order valence-electron chi connectivity index (χ0n) is 20.2. The lowest BCUT2D eigenvalue weighted by Crippen LogP contribution is -2.30. The molecule has 4 heterocycles. The fourth-order valence-electron chi connectivity index (χ4n) is 4.22. The van der Waals surface area contributed by atoms with E-state index in [0.29, 0.717) is 23.5 Å². The Bertz CT molecular complexity index is 1370. The van der Waals surface area contributed by atoms with Crippen LogP contribution in [0.3, 0.4) is 0 Å². The van der Waals surface area contributed by atoms with E-state index in [2.05, 4.69) is 20.3 Å². The van der Waals surface area contributed by atoms with Gasteiger partial charge in [-0.3, -0.25) is 14.2 Å². The summed E-state index contributed by atoms with van der Waals surface area (Å²) in [5, 5.41) is 13.3. The minimum absolute atomic E-state index is 0.118. The van der Waals surface area contributed by atoms with Crippen molar-refractivity contribution in [3.05, 3.63) is 46.7 Å². The zero-order chi connectivity index (χ0) is 24.7. The highest BCUT2D eigenvalue weighted by Gasteiger charge is 2.23. The summed E-state index contributed by atoms with van der Waals surface area (Å²) in [6, 6.07) is 1.37. The largest absolute Gasteiger partial charge is 0.340 e. The van der Waals surface area contributed by atoms with Gasteiger partial charge in [0, 0.05) is 55.8 Å². The van der Waals surface area contributed by atoms with Gasteiger partial charge in [-0.15, -0.1) is 0 Å². The molecule has 1 amide bonds. The lowest BCUT2D eigenvalue weighted by molar-refractivity contribution is -0.131. The number of nitrogens with zero attached hydrogens (tertiary/aromatic N) is 8. The minimum atomic E-state index is -2.71. The Kier molecular flexibility index (Phi) is 6.20. The van der Waals surface area contributed by atoms with Crippen LogP contribution in [0.15, 0.2) is 18.5 Å². The fraction of sp³-hybridized carbons (Fsp3) is 0.435. The summed E-state index contributed by atoms with van der Waals surface area (Å²) >= 11 is 0. The van der Waals surface area contributed by atoms with Crippen molar-refractivity contribution in [1.82, 2.24) is 39.2 Å². The molecule has 0 saturated carbocycles. The fourth-order valence-corrected chi connectivity index (χ4v) is 4.22. The number of hydrogen-bond acceptors (Lipinski definition) is 5. The molecule has 11 heteroatoms. The van der Waals surface area contributed by atoms with Gasteiger partial charge in [0.15, 0.2) is 5.65 Å². The molecule has 0 atom stereocenters. The number of aromatic nitrogens is 7. The number of carbonyl (C=O) groups is 1. The number of rotatable bonds is 7. The zero-order valence-corrected chi connectivity index (χ0v) is 20.2. The molecule has 34 heavy (non-hydrogen) atoms. The van der Waals surface area contributed by atoms with Gasteiger partial charge in [0.25, 0.3) is 6.43 Å². The van der Waals surface area contributed by atoms with Gasteiger partial charge in [-0.05, 0) is 33.8 Å². The molecule has 180 valence electrons. The lowest BCUT2D eigenvalue weighted by Gasteiger charge is -2.18. The van der Waals surface area contributed by atoms with Crippen molar-refractivity contribution in [2.45, 2.75) is 53.8 Å². The van der Waals surface area contributed by atoms with Crippen LogP contribution in [0.4, 0.5) is 8.78 Å². The van der Waals surface area contributed by atoms with Gasteiger partial charge in [-0.1, -0.05) is 0 Å². The summed E-state index contributed by atoms with van der Waals surface area (Å²) < 4.78 is 32.8. The van der Waals surface area contributed by atoms with Crippen molar-refractivity contribution in [2.24, 2.45) is 7.05 Å². The molecule has 0 aliphatic carbocycles. The number of alkyl halides is 2. The van der Waals surface area contributed by atoms with E-state index in [1.165, 1.54) is 10.7 Å². The second-order valence-corrected chi connectivity index (χ2v) is 8.46. The van der Waals surface area contributed by atoms with E-state index in [0.717, 1.165) is 23.5 Å². The molecular formula is C23H28F2N8O. The molecule has 4 rings (SSSR count). The maximum atomic E-state index is 14.0. The van der Waals surface area contributed by atoms with Crippen LogP contribution >= 0.6 is 0 Å². The van der Waals surface area contributed by atoms with Crippen LogP contribution in [0.1, 0.15) is 41.6 Å². The Balaban J connectivity index is 1.68. The van der Waals surface area contributed by atoms with Crippen LogP contribution in [0, 0.1) is 20.8 Å². The highest BCUT2D eigenvalue weighted by molar-refractivity contribution is 5.87. The van der Waals surface area contributed by atoms with Crippen molar-refractivity contribution in [3.8, 4) is 11.3 Å². The van der Waals surface area contributed by atoms with Gasteiger partial charge in [0.05, 0.1) is 28.7 Å². The van der Waals surface area contributed by atoms with Crippen LogP contribution in [-0.2, 0) is 31.5 Å². The first-order valence-electron chi connectivity index (χ1n) is 11.0. The molecule has 4 aromatic heterocycles. The highest BCUT2D eigenvalue weighted by Crippen LogP contribution is 2.33. The van der Waals surface area contributed by atoms with Crippen LogP contribution < -0.4 is 0 Å². The standard InChI is InChI=1S/C23H28F2N8O/c1-7-32-15(4)18(13(2)28-32)11-30(5)20(34)12-33-23-21(14(3)29-33)17(22(24)25)8-19(27-23)16-9-26-31(6)10-16/h8-10,22H,7,11-12H2,1-6H3. The van der Waals surface area contributed by atoms with Gasteiger partial charge < -0.3 is 4.90 Å². The van der Waals surface area contributed by atoms with Gasteiger partial charge in [0.1, 0.15) is 6.54 Å². The second-order valence-electron chi connectivity index (χ2n) is 8.46. The van der Waals surface area contributed by atoms with E-state index in [-0.39, 0.29) is 29.0 Å². The molecule has 0 unspecified atom stereocenters. The molecule has 0 spiro atoms. The number of carbonyl (C=O) groups excluding carboxylic acids is 1. The van der Waals surface area contributed by atoms with E-state index in [1.807, 2.05) is 25.5 Å². The normalized spacial score (nSPS) is 11.7. The monoisotopic (exact) mass is 470 g/mol. The summed E-state index contributed by atoms with van der Waals surface area (Å²) in [7, 11) is 3.45. The van der Waals surface area contributed by atoms with Gasteiger partial charge in [0.2, 0.25) is 5.91 Å². The topological polar surface area (TPSA) is 86.7 Å². The summed E-state index contributed by atoms with van der Waals surface area (Å²) in [6.45, 7) is 8.60. The van der Waals surface area contributed by atoms with Crippen LogP contribution in [0.2, 0.25) is 0 Å². The van der Waals surface area contributed by atoms with E-state index in [1.54, 1.807) is 43.0 Å². The van der Waals surface area contributed by atoms with E-state index in [4.69, 9.17) is 0 Å². The van der Waals surface area contributed by atoms with E-state index >= 15 is 0 Å². The third-order valence-corrected chi connectivity index (χ3v) is 6.08. The Morgan fingerprint density at radius 1 is 1.15 bits per heavy atom. The number of amides is 1. The molecule has 4 aromatic rings. The summed E-state index contributed by atoms with van der Waals surface area (Å²) in [4.78, 5) is 19.3. The van der Waals surface area contributed by atoms with E-state index in [9.17, 15) is 13.6 Å². The highest BCUT2D eigenvalue weighted by atomic mass is 19.3. The number of aryl methyl sites for hydroxylation is 4.